The van der Waals surface area contributed by atoms with E-state index in [0.717, 1.165) is 24.1 Å². The summed E-state index contributed by atoms with van der Waals surface area (Å²) in [4.78, 5) is 2.41. The Kier molecular flexibility index (Phi) is 3.44. The Morgan fingerprint density at radius 3 is 2.87 bits per heavy atom. The van der Waals surface area contributed by atoms with Crippen LogP contribution in [0, 0.1) is 6.92 Å². The molecule has 1 fully saturated rings. The number of benzene rings is 1. The number of hydrogen-bond donors (Lipinski definition) is 0. The smallest absolute Gasteiger partial charge is 0.0825 e. The topological polar surface area (TPSA) is 12.5 Å². The lowest BCUT2D eigenvalue weighted by Crippen LogP contribution is -2.50. The van der Waals surface area contributed by atoms with E-state index in [4.69, 9.17) is 4.74 Å². The molecule has 1 heterocycles. The first kappa shape index (κ1) is 11.1. The molecule has 1 saturated heterocycles. The molecule has 0 aromatic heterocycles. The van der Waals surface area contributed by atoms with E-state index in [1.807, 2.05) is 0 Å². The Labute approximate surface area is 99.4 Å². The molecule has 0 radical (unpaired) electrons. The zero-order valence-electron chi connectivity index (χ0n) is 9.16. The van der Waals surface area contributed by atoms with Crippen LogP contribution in [0.5, 0.6) is 0 Å². The number of ether oxygens (including phenoxy) is 1. The summed E-state index contributed by atoms with van der Waals surface area (Å²) >= 11 is 3.51. The molecular formula is C12H16BrNO. The van der Waals surface area contributed by atoms with E-state index in [-0.39, 0.29) is 0 Å². The molecule has 0 amide bonds. The van der Waals surface area contributed by atoms with E-state index >= 15 is 0 Å². The van der Waals surface area contributed by atoms with Crippen molar-refractivity contribution in [2.75, 3.05) is 20.2 Å². The molecule has 0 aliphatic carbocycles. The van der Waals surface area contributed by atoms with E-state index in [1.165, 1.54) is 11.1 Å². The van der Waals surface area contributed by atoms with Crippen molar-refractivity contribution in [3.63, 3.8) is 0 Å². The lowest BCUT2D eigenvalue weighted by atomic mass is 10.1. The average molecular weight is 270 g/mol. The van der Waals surface area contributed by atoms with Crippen LogP contribution in [0.4, 0.5) is 0 Å². The summed E-state index contributed by atoms with van der Waals surface area (Å²) in [7, 11) is 1.78. The van der Waals surface area contributed by atoms with Crippen molar-refractivity contribution in [3.8, 4) is 0 Å². The number of hydrogen-bond acceptors (Lipinski definition) is 2. The Morgan fingerprint density at radius 1 is 1.47 bits per heavy atom. The van der Waals surface area contributed by atoms with Crippen LogP contribution in [0.25, 0.3) is 0 Å². The van der Waals surface area contributed by atoms with Crippen molar-refractivity contribution in [2.45, 2.75) is 19.6 Å². The maximum atomic E-state index is 5.26. The zero-order chi connectivity index (χ0) is 10.8. The highest BCUT2D eigenvalue weighted by molar-refractivity contribution is 9.10. The van der Waals surface area contributed by atoms with Crippen molar-refractivity contribution in [1.82, 2.24) is 4.90 Å². The number of nitrogens with zero attached hydrogens (tertiary/aromatic N) is 1. The van der Waals surface area contributed by atoms with Gasteiger partial charge in [0.25, 0.3) is 0 Å². The Balaban J connectivity index is 1.97. The van der Waals surface area contributed by atoms with Gasteiger partial charge >= 0.3 is 0 Å². The van der Waals surface area contributed by atoms with Crippen LogP contribution in [0.1, 0.15) is 11.1 Å². The van der Waals surface area contributed by atoms with Crippen LogP contribution >= 0.6 is 15.9 Å². The van der Waals surface area contributed by atoms with Crippen LogP contribution < -0.4 is 0 Å². The van der Waals surface area contributed by atoms with Crippen LogP contribution in [0.3, 0.4) is 0 Å². The number of halogens is 1. The third-order valence-corrected chi connectivity index (χ3v) is 3.46. The third-order valence-electron chi connectivity index (χ3n) is 2.96. The van der Waals surface area contributed by atoms with Crippen LogP contribution in [-0.4, -0.2) is 31.2 Å². The van der Waals surface area contributed by atoms with Gasteiger partial charge in [-0.15, -0.1) is 0 Å². The van der Waals surface area contributed by atoms with Crippen LogP contribution in [0.2, 0.25) is 0 Å². The maximum absolute atomic E-state index is 5.26. The fraction of sp³-hybridized carbons (Fsp3) is 0.500. The summed E-state index contributed by atoms with van der Waals surface area (Å²) in [5, 5.41) is 0. The van der Waals surface area contributed by atoms with Crippen molar-refractivity contribution < 1.29 is 4.74 Å². The quantitative estimate of drug-likeness (QED) is 0.837. The lowest BCUT2D eigenvalue weighted by molar-refractivity contribution is -0.0334. The predicted molar refractivity (Wildman–Crippen MR) is 65.0 cm³/mol. The van der Waals surface area contributed by atoms with Gasteiger partial charge in [0.2, 0.25) is 0 Å². The molecule has 0 bridgehead atoms. The predicted octanol–water partition coefficient (Wildman–Crippen LogP) is 2.59. The minimum atomic E-state index is 0.442. The van der Waals surface area contributed by atoms with E-state index in [1.54, 1.807) is 7.11 Å². The largest absolute Gasteiger partial charge is 0.379 e. The Hall–Kier alpha value is -0.380. The molecule has 2 nitrogen and oxygen atoms in total. The van der Waals surface area contributed by atoms with Gasteiger partial charge in [0.1, 0.15) is 0 Å². The fourth-order valence-electron chi connectivity index (χ4n) is 1.85. The van der Waals surface area contributed by atoms with Crippen molar-refractivity contribution in [2.24, 2.45) is 0 Å². The van der Waals surface area contributed by atoms with E-state index < -0.39 is 0 Å². The summed E-state index contributed by atoms with van der Waals surface area (Å²) in [5.41, 5.74) is 2.76. The molecule has 3 heteroatoms. The van der Waals surface area contributed by atoms with Gasteiger partial charge < -0.3 is 4.74 Å². The van der Waals surface area contributed by atoms with Gasteiger partial charge in [-0.2, -0.15) is 0 Å². The summed E-state index contributed by atoms with van der Waals surface area (Å²) in [6.07, 6.45) is 0.442. The monoisotopic (exact) mass is 269 g/mol. The van der Waals surface area contributed by atoms with Gasteiger partial charge in [0.15, 0.2) is 0 Å². The average Bonchev–Trinajstić information content (AvgIpc) is 2.16. The summed E-state index contributed by atoms with van der Waals surface area (Å²) in [6, 6.07) is 6.45. The van der Waals surface area contributed by atoms with Crippen molar-refractivity contribution >= 4 is 15.9 Å². The molecular weight excluding hydrogens is 254 g/mol. The van der Waals surface area contributed by atoms with Gasteiger partial charge in [-0.25, -0.2) is 0 Å². The minimum absolute atomic E-state index is 0.442. The minimum Gasteiger partial charge on any atom is -0.379 e. The van der Waals surface area contributed by atoms with Gasteiger partial charge in [-0.3, -0.25) is 4.90 Å². The summed E-state index contributed by atoms with van der Waals surface area (Å²) in [5.74, 6) is 0. The van der Waals surface area contributed by atoms with E-state index in [2.05, 4.69) is 46.0 Å². The molecule has 0 atom stereocenters. The fourth-order valence-corrected chi connectivity index (χ4v) is 2.26. The first-order valence-electron chi connectivity index (χ1n) is 5.19. The molecule has 0 spiro atoms. The second-order valence-electron chi connectivity index (χ2n) is 4.12. The second-order valence-corrected chi connectivity index (χ2v) is 5.04. The lowest BCUT2D eigenvalue weighted by Gasteiger charge is -2.38. The second kappa shape index (κ2) is 4.64. The number of methoxy groups -OCH3 is 1. The first-order valence-corrected chi connectivity index (χ1v) is 5.98. The van der Waals surface area contributed by atoms with Crippen molar-refractivity contribution in [1.29, 1.82) is 0 Å². The van der Waals surface area contributed by atoms with Gasteiger partial charge in [-0.05, 0) is 30.2 Å². The molecule has 1 aromatic rings. The van der Waals surface area contributed by atoms with Gasteiger partial charge in [-0.1, -0.05) is 22.0 Å². The molecule has 0 unspecified atom stereocenters. The normalized spacial score (nSPS) is 17.8. The maximum Gasteiger partial charge on any atom is 0.0825 e. The molecule has 0 N–H and O–H groups in total. The standard InChI is InChI=1S/C12H16BrNO/c1-9-3-4-11(13)5-10(9)6-14-7-12(8-14)15-2/h3-5,12H,6-8H2,1-2H3. The van der Waals surface area contributed by atoms with Crippen LogP contribution in [0.15, 0.2) is 22.7 Å². The molecule has 1 aliphatic rings. The number of rotatable bonds is 3. The van der Waals surface area contributed by atoms with E-state index in [0.29, 0.717) is 6.10 Å². The van der Waals surface area contributed by atoms with Crippen LogP contribution in [-0.2, 0) is 11.3 Å². The summed E-state index contributed by atoms with van der Waals surface area (Å²) < 4.78 is 6.42. The Morgan fingerprint density at radius 2 is 2.20 bits per heavy atom. The first-order chi connectivity index (χ1) is 7.19. The highest BCUT2D eigenvalue weighted by Crippen LogP contribution is 2.20. The molecule has 0 saturated carbocycles. The zero-order valence-corrected chi connectivity index (χ0v) is 10.8. The highest BCUT2D eigenvalue weighted by atomic mass is 79.9. The van der Waals surface area contributed by atoms with Gasteiger partial charge in [0.05, 0.1) is 6.10 Å². The molecule has 1 aromatic carbocycles. The Bertz CT molecular complexity index is 347. The highest BCUT2D eigenvalue weighted by Gasteiger charge is 2.26. The molecule has 15 heavy (non-hydrogen) atoms. The van der Waals surface area contributed by atoms with E-state index in [9.17, 15) is 0 Å². The molecule has 2 rings (SSSR count). The number of aryl methyl sites for hydroxylation is 1. The third kappa shape index (κ3) is 2.60. The summed E-state index contributed by atoms with van der Waals surface area (Å²) in [6.45, 7) is 5.31. The van der Waals surface area contributed by atoms with Crippen molar-refractivity contribution in [3.05, 3.63) is 33.8 Å². The SMILES string of the molecule is COC1CN(Cc2cc(Br)ccc2C)C1. The van der Waals surface area contributed by atoms with Gasteiger partial charge in [0, 0.05) is 31.2 Å². The molecule has 82 valence electrons. The molecule has 1 aliphatic heterocycles. The number of likely N-dealkylation sites (tertiary alicyclic amines) is 1.